The molecule has 0 unspecified atom stereocenters. The van der Waals surface area contributed by atoms with E-state index in [1.54, 1.807) is 0 Å². The maximum Gasteiger partial charge on any atom is 0.220 e. The van der Waals surface area contributed by atoms with E-state index in [4.69, 9.17) is 5.26 Å². The van der Waals surface area contributed by atoms with Gasteiger partial charge >= 0.3 is 0 Å². The maximum absolute atomic E-state index is 12.2. The normalized spacial score (nSPS) is 10.5. The third kappa shape index (κ3) is 5.56. The molecule has 150 valence electrons. The Hall–Kier alpha value is -2.88. The number of anilines is 1. The van der Waals surface area contributed by atoms with Crippen LogP contribution in [-0.2, 0) is 24.3 Å². The molecule has 0 aliphatic rings. The van der Waals surface area contributed by atoms with Gasteiger partial charge in [-0.3, -0.25) is 9.48 Å². The maximum atomic E-state index is 12.2. The number of nitrogens with zero attached hydrogens (tertiary/aromatic N) is 5. The molecule has 7 heteroatoms. The molecule has 2 aromatic rings. The van der Waals surface area contributed by atoms with Crippen molar-refractivity contribution < 1.29 is 4.79 Å². The van der Waals surface area contributed by atoms with Crippen molar-refractivity contribution in [3.05, 3.63) is 40.8 Å². The highest BCUT2D eigenvalue weighted by Gasteiger charge is 2.13. The highest BCUT2D eigenvalue weighted by atomic mass is 16.1. The van der Waals surface area contributed by atoms with E-state index in [1.165, 1.54) is 0 Å². The van der Waals surface area contributed by atoms with Crippen molar-refractivity contribution in [1.29, 1.82) is 5.26 Å². The lowest BCUT2D eigenvalue weighted by atomic mass is 10.1. The van der Waals surface area contributed by atoms with Crippen LogP contribution < -0.4 is 10.2 Å². The van der Waals surface area contributed by atoms with Crippen molar-refractivity contribution in [3.8, 4) is 6.07 Å². The first-order valence-electron chi connectivity index (χ1n) is 9.86. The third-order valence-corrected chi connectivity index (χ3v) is 4.96. The van der Waals surface area contributed by atoms with Crippen molar-refractivity contribution in [1.82, 2.24) is 20.1 Å². The van der Waals surface area contributed by atoms with Gasteiger partial charge in [-0.1, -0.05) is 6.07 Å². The fraction of sp³-hybridized carbons (Fsp3) is 0.524. The van der Waals surface area contributed by atoms with Crippen molar-refractivity contribution >= 4 is 11.7 Å². The molecule has 7 nitrogen and oxygen atoms in total. The van der Waals surface area contributed by atoms with Gasteiger partial charge in [0.15, 0.2) is 0 Å². The Bertz CT molecular complexity index is 815. The number of pyridine rings is 1. The molecule has 2 heterocycles. The first kappa shape index (κ1) is 21.4. The number of hydrogen-bond donors (Lipinski definition) is 1. The van der Waals surface area contributed by atoms with Gasteiger partial charge in [-0.15, -0.1) is 0 Å². The molecular formula is C21H30N6O. The molecule has 1 N–H and O–H groups in total. The standard InChI is InChI=1S/C21H30N6O/c1-5-26(6-2)20-10-8-18(14-23-20)15-24-21(28)11-9-19-16(3)25-27(17(19)4)13-7-12-22/h8,10,14H,5-7,9,11,13,15H2,1-4H3,(H,24,28). The van der Waals surface area contributed by atoms with E-state index in [-0.39, 0.29) is 5.91 Å². The summed E-state index contributed by atoms with van der Waals surface area (Å²) in [6.07, 6.45) is 3.32. The lowest BCUT2D eigenvalue weighted by Crippen LogP contribution is -2.24. The first-order valence-corrected chi connectivity index (χ1v) is 9.86. The van der Waals surface area contributed by atoms with Crippen LogP contribution in [0.1, 0.15) is 49.2 Å². The number of nitriles is 1. The van der Waals surface area contributed by atoms with Gasteiger partial charge in [0.1, 0.15) is 5.82 Å². The molecule has 0 atom stereocenters. The molecule has 0 aliphatic carbocycles. The van der Waals surface area contributed by atoms with Gasteiger partial charge in [0.2, 0.25) is 5.91 Å². The number of aromatic nitrogens is 3. The molecule has 0 aliphatic heterocycles. The van der Waals surface area contributed by atoms with E-state index in [0.29, 0.717) is 32.4 Å². The molecule has 2 rings (SSSR count). The minimum atomic E-state index is 0.0106. The lowest BCUT2D eigenvalue weighted by molar-refractivity contribution is -0.121. The predicted octanol–water partition coefficient (Wildman–Crippen LogP) is 2.90. The molecule has 0 saturated carbocycles. The number of hydrogen-bond acceptors (Lipinski definition) is 5. The van der Waals surface area contributed by atoms with Gasteiger partial charge in [0.05, 0.1) is 24.7 Å². The van der Waals surface area contributed by atoms with Crippen molar-refractivity contribution in [3.63, 3.8) is 0 Å². The Balaban J connectivity index is 1.85. The summed E-state index contributed by atoms with van der Waals surface area (Å²) in [5.74, 6) is 0.968. The quantitative estimate of drug-likeness (QED) is 0.683. The van der Waals surface area contributed by atoms with E-state index >= 15 is 0 Å². The number of aryl methyl sites for hydroxylation is 2. The number of carbonyl (C=O) groups excluding carboxylic acids is 1. The molecule has 0 fully saturated rings. The minimum Gasteiger partial charge on any atom is -0.357 e. The predicted molar refractivity (Wildman–Crippen MR) is 110 cm³/mol. The van der Waals surface area contributed by atoms with Crippen LogP contribution in [0.5, 0.6) is 0 Å². The second kappa shape index (κ2) is 10.5. The zero-order valence-corrected chi connectivity index (χ0v) is 17.3. The van der Waals surface area contributed by atoms with Crippen LogP contribution in [0.2, 0.25) is 0 Å². The van der Waals surface area contributed by atoms with Gasteiger partial charge in [-0.05, 0) is 51.3 Å². The van der Waals surface area contributed by atoms with Crippen molar-refractivity contribution in [2.45, 2.75) is 60.0 Å². The first-order chi connectivity index (χ1) is 13.5. The van der Waals surface area contributed by atoms with Crippen LogP contribution in [-0.4, -0.2) is 33.8 Å². The highest BCUT2D eigenvalue weighted by molar-refractivity contribution is 5.76. The average molecular weight is 383 g/mol. The molecule has 0 radical (unpaired) electrons. The van der Waals surface area contributed by atoms with E-state index in [0.717, 1.165) is 41.4 Å². The van der Waals surface area contributed by atoms with Crippen LogP contribution in [0, 0.1) is 25.2 Å². The summed E-state index contributed by atoms with van der Waals surface area (Å²) in [5, 5.41) is 16.2. The summed E-state index contributed by atoms with van der Waals surface area (Å²) in [6, 6.07) is 6.14. The molecule has 28 heavy (non-hydrogen) atoms. The Kier molecular flexibility index (Phi) is 8.00. The van der Waals surface area contributed by atoms with E-state index in [2.05, 4.69) is 40.2 Å². The summed E-state index contributed by atoms with van der Waals surface area (Å²) < 4.78 is 1.86. The highest BCUT2D eigenvalue weighted by Crippen LogP contribution is 2.16. The summed E-state index contributed by atoms with van der Waals surface area (Å²) in [5.41, 5.74) is 4.05. The van der Waals surface area contributed by atoms with Crippen molar-refractivity contribution in [2.24, 2.45) is 0 Å². The van der Waals surface area contributed by atoms with Gasteiger partial charge in [-0.2, -0.15) is 10.4 Å². The molecule has 0 bridgehead atoms. The topological polar surface area (TPSA) is 86.8 Å². The SMILES string of the molecule is CCN(CC)c1ccc(CNC(=O)CCc2c(C)nn(CCC#N)c2C)cn1. The van der Waals surface area contributed by atoms with E-state index in [9.17, 15) is 4.79 Å². The smallest absolute Gasteiger partial charge is 0.220 e. The van der Waals surface area contributed by atoms with Gasteiger partial charge in [-0.25, -0.2) is 4.98 Å². The zero-order valence-electron chi connectivity index (χ0n) is 17.3. The largest absolute Gasteiger partial charge is 0.357 e. The number of rotatable bonds is 10. The molecule has 1 amide bonds. The molecule has 0 saturated heterocycles. The average Bonchev–Trinajstić information content (AvgIpc) is 2.97. The molecule has 2 aromatic heterocycles. The summed E-state index contributed by atoms with van der Waals surface area (Å²) >= 11 is 0. The number of amides is 1. The molecular weight excluding hydrogens is 352 g/mol. The van der Waals surface area contributed by atoms with Crippen molar-refractivity contribution in [2.75, 3.05) is 18.0 Å². The van der Waals surface area contributed by atoms with Crippen LogP contribution >= 0.6 is 0 Å². The second-order valence-electron chi connectivity index (χ2n) is 6.75. The fourth-order valence-electron chi connectivity index (χ4n) is 3.25. The van der Waals surface area contributed by atoms with Gasteiger partial charge < -0.3 is 10.2 Å². The molecule has 0 aromatic carbocycles. The zero-order chi connectivity index (χ0) is 20.5. The summed E-state index contributed by atoms with van der Waals surface area (Å²) in [6.45, 7) is 11.1. The fourth-order valence-corrected chi connectivity index (χ4v) is 3.25. The monoisotopic (exact) mass is 382 g/mol. The van der Waals surface area contributed by atoms with Gasteiger partial charge in [0, 0.05) is 37.9 Å². The minimum absolute atomic E-state index is 0.0106. The summed E-state index contributed by atoms with van der Waals surface area (Å²) in [7, 11) is 0. The second-order valence-corrected chi connectivity index (χ2v) is 6.75. The Morgan fingerprint density at radius 2 is 2.04 bits per heavy atom. The Morgan fingerprint density at radius 3 is 2.64 bits per heavy atom. The van der Waals surface area contributed by atoms with Crippen LogP contribution in [0.25, 0.3) is 0 Å². The Labute approximate surface area is 167 Å². The summed E-state index contributed by atoms with van der Waals surface area (Å²) in [4.78, 5) is 18.9. The van der Waals surface area contributed by atoms with E-state index in [1.807, 2.05) is 36.9 Å². The number of nitrogens with one attached hydrogen (secondary N) is 1. The van der Waals surface area contributed by atoms with Crippen LogP contribution in [0.4, 0.5) is 5.82 Å². The van der Waals surface area contributed by atoms with Crippen LogP contribution in [0.15, 0.2) is 18.3 Å². The molecule has 0 spiro atoms. The van der Waals surface area contributed by atoms with Crippen LogP contribution in [0.3, 0.4) is 0 Å². The lowest BCUT2D eigenvalue weighted by Gasteiger charge is -2.19. The Morgan fingerprint density at radius 1 is 1.29 bits per heavy atom. The van der Waals surface area contributed by atoms with E-state index < -0.39 is 0 Å². The third-order valence-electron chi connectivity index (χ3n) is 4.96. The van der Waals surface area contributed by atoms with Gasteiger partial charge in [0.25, 0.3) is 0 Å². The number of carbonyl (C=O) groups is 1.